The van der Waals surface area contributed by atoms with E-state index in [0.29, 0.717) is 10.8 Å². The second-order valence-corrected chi connectivity index (χ2v) is 7.60. The van der Waals surface area contributed by atoms with Crippen LogP contribution in [0, 0.1) is 5.41 Å². The molecule has 21 heavy (non-hydrogen) atoms. The second-order valence-electron chi connectivity index (χ2n) is 7.60. The van der Waals surface area contributed by atoms with Gasteiger partial charge >= 0.3 is 0 Å². The van der Waals surface area contributed by atoms with Gasteiger partial charge in [-0.05, 0) is 68.6 Å². The molecule has 0 bridgehead atoms. The Morgan fingerprint density at radius 2 is 1.86 bits per heavy atom. The van der Waals surface area contributed by atoms with E-state index >= 15 is 0 Å². The molecule has 4 rings (SSSR count). The molecule has 2 nitrogen and oxygen atoms in total. The van der Waals surface area contributed by atoms with E-state index in [9.17, 15) is 0 Å². The van der Waals surface area contributed by atoms with E-state index in [1.807, 2.05) is 6.92 Å². The monoisotopic (exact) mass is 285 g/mol. The summed E-state index contributed by atoms with van der Waals surface area (Å²) in [6.45, 7) is 3.96. The highest BCUT2D eigenvalue weighted by Crippen LogP contribution is 2.64. The average molecular weight is 285 g/mol. The van der Waals surface area contributed by atoms with E-state index in [0.717, 1.165) is 18.4 Å². The zero-order valence-electron chi connectivity index (χ0n) is 13.2. The van der Waals surface area contributed by atoms with E-state index in [-0.39, 0.29) is 0 Å². The van der Waals surface area contributed by atoms with Crippen LogP contribution in [0.4, 0.5) is 0 Å². The Balaban J connectivity index is 1.50. The SMILES string of the molecule is CCOc1ccc(C2(CNC3CC3)CC3(CCC3)C2)cc1. The van der Waals surface area contributed by atoms with Gasteiger partial charge in [-0.15, -0.1) is 0 Å². The van der Waals surface area contributed by atoms with Gasteiger partial charge in [0.1, 0.15) is 5.75 Å². The number of nitrogens with one attached hydrogen (secondary N) is 1. The first kappa shape index (κ1) is 13.6. The molecule has 0 unspecified atom stereocenters. The van der Waals surface area contributed by atoms with Crippen molar-refractivity contribution in [1.82, 2.24) is 5.32 Å². The third-order valence-corrected chi connectivity index (χ3v) is 5.93. The van der Waals surface area contributed by atoms with Crippen molar-refractivity contribution in [2.24, 2.45) is 5.41 Å². The van der Waals surface area contributed by atoms with Gasteiger partial charge in [-0.2, -0.15) is 0 Å². The van der Waals surface area contributed by atoms with Gasteiger partial charge in [-0.25, -0.2) is 0 Å². The molecule has 1 aromatic rings. The lowest BCUT2D eigenvalue weighted by Crippen LogP contribution is -2.57. The molecule has 1 spiro atoms. The van der Waals surface area contributed by atoms with Gasteiger partial charge in [0, 0.05) is 18.0 Å². The maximum Gasteiger partial charge on any atom is 0.119 e. The van der Waals surface area contributed by atoms with Crippen LogP contribution < -0.4 is 10.1 Å². The van der Waals surface area contributed by atoms with E-state index in [1.165, 1.54) is 57.1 Å². The minimum Gasteiger partial charge on any atom is -0.494 e. The van der Waals surface area contributed by atoms with Gasteiger partial charge in [-0.3, -0.25) is 0 Å². The summed E-state index contributed by atoms with van der Waals surface area (Å²) in [6, 6.07) is 9.74. The van der Waals surface area contributed by atoms with Gasteiger partial charge in [-0.1, -0.05) is 18.6 Å². The number of hydrogen-bond donors (Lipinski definition) is 1. The first-order chi connectivity index (χ1) is 10.2. The van der Waals surface area contributed by atoms with Crippen molar-refractivity contribution in [3.8, 4) is 5.75 Å². The van der Waals surface area contributed by atoms with Crippen LogP contribution in [0.2, 0.25) is 0 Å². The fourth-order valence-electron chi connectivity index (χ4n) is 4.54. The summed E-state index contributed by atoms with van der Waals surface area (Å²) >= 11 is 0. The van der Waals surface area contributed by atoms with E-state index in [4.69, 9.17) is 4.74 Å². The van der Waals surface area contributed by atoms with Crippen molar-refractivity contribution in [3.05, 3.63) is 29.8 Å². The van der Waals surface area contributed by atoms with Crippen molar-refractivity contribution < 1.29 is 4.74 Å². The Bertz CT molecular complexity index is 491. The van der Waals surface area contributed by atoms with Crippen molar-refractivity contribution in [3.63, 3.8) is 0 Å². The smallest absolute Gasteiger partial charge is 0.119 e. The largest absolute Gasteiger partial charge is 0.494 e. The van der Waals surface area contributed by atoms with Crippen LogP contribution in [0.3, 0.4) is 0 Å². The lowest BCUT2D eigenvalue weighted by atomic mass is 9.43. The molecule has 1 aromatic carbocycles. The summed E-state index contributed by atoms with van der Waals surface area (Å²) in [5.74, 6) is 1.00. The topological polar surface area (TPSA) is 21.3 Å². The van der Waals surface area contributed by atoms with Crippen LogP contribution in [0.5, 0.6) is 5.75 Å². The van der Waals surface area contributed by atoms with Crippen LogP contribution in [0.1, 0.15) is 57.4 Å². The quantitative estimate of drug-likeness (QED) is 0.851. The molecule has 0 aliphatic heterocycles. The Morgan fingerprint density at radius 3 is 2.38 bits per heavy atom. The van der Waals surface area contributed by atoms with Crippen LogP contribution in [-0.4, -0.2) is 19.2 Å². The van der Waals surface area contributed by atoms with E-state index in [1.54, 1.807) is 0 Å². The number of hydrogen-bond acceptors (Lipinski definition) is 2. The molecule has 3 aliphatic carbocycles. The first-order valence-corrected chi connectivity index (χ1v) is 8.70. The molecule has 114 valence electrons. The third-order valence-electron chi connectivity index (χ3n) is 5.93. The number of benzene rings is 1. The zero-order valence-corrected chi connectivity index (χ0v) is 13.2. The molecule has 0 aromatic heterocycles. The summed E-state index contributed by atoms with van der Waals surface area (Å²) in [5.41, 5.74) is 2.63. The van der Waals surface area contributed by atoms with Crippen LogP contribution in [0.15, 0.2) is 24.3 Å². The average Bonchev–Trinajstić information content (AvgIpc) is 3.22. The molecule has 3 fully saturated rings. The summed E-state index contributed by atoms with van der Waals surface area (Å²) in [7, 11) is 0. The Labute approximate surface area is 128 Å². The molecule has 0 heterocycles. The Morgan fingerprint density at radius 1 is 1.14 bits per heavy atom. The number of rotatable bonds is 6. The molecule has 3 saturated carbocycles. The van der Waals surface area contributed by atoms with Crippen molar-refractivity contribution in [2.45, 2.75) is 63.3 Å². The van der Waals surface area contributed by atoms with Crippen LogP contribution >= 0.6 is 0 Å². The van der Waals surface area contributed by atoms with Gasteiger partial charge in [0.15, 0.2) is 0 Å². The standard InChI is InChI=1S/C19H27NO/c1-2-21-17-8-4-15(5-9-17)19(14-20-16-6-7-16)12-18(13-19)10-3-11-18/h4-5,8-9,16,20H,2-3,6-7,10-14H2,1H3. The molecule has 0 atom stereocenters. The molecular formula is C19H27NO. The molecule has 1 N–H and O–H groups in total. The second kappa shape index (κ2) is 5.01. The van der Waals surface area contributed by atoms with Crippen molar-refractivity contribution in [2.75, 3.05) is 13.2 Å². The molecule has 0 amide bonds. The molecule has 0 radical (unpaired) electrons. The lowest BCUT2D eigenvalue weighted by molar-refractivity contribution is -0.0484. The normalized spacial score (nSPS) is 25.2. The van der Waals surface area contributed by atoms with E-state index < -0.39 is 0 Å². The zero-order chi connectivity index (χ0) is 14.3. The highest BCUT2D eigenvalue weighted by Gasteiger charge is 2.57. The van der Waals surface area contributed by atoms with Crippen molar-refractivity contribution >= 4 is 0 Å². The fraction of sp³-hybridized carbons (Fsp3) is 0.684. The molecule has 3 aliphatic rings. The van der Waals surface area contributed by atoms with Crippen LogP contribution in [-0.2, 0) is 5.41 Å². The van der Waals surface area contributed by atoms with Crippen LogP contribution in [0.25, 0.3) is 0 Å². The first-order valence-electron chi connectivity index (χ1n) is 8.70. The van der Waals surface area contributed by atoms with Crippen molar-refractivity contribution in [1.29, 1.82) is 0 Å². The van der Waals surface area contributed by atoms with Gasteiger partial charge < -0.3 is 10.1 Å². The number of ether oxygens (including phenoxy) is 1. The summed E-state index contributed by atoms with van der Waals surface area (Å²) in [4.78, 5) is 0. The van der Waals surface area contributed by atoms with E-state index in [2.05, 4.69) is 29.6 Å². The molecule has 2 heteroatoms. The highest BCUT2D eigenvalue weighted by atomic mass is 16.5. The van der Waals surface area contributed by atoms with Gasteiger partial charge in [0.25, 0.3) is 0 Å². The highest BCUT2D eigenvalue weighted by molar-refractivity contribution is 5.36. The summed E-state index contributed by atoms with van der Waals surface area (Å²) in [5, 5.41) is 3.79. The minimum absolute atomic E-state index is 0.397. The lowest BCUT2D eigenvalue weighted by Gasteiger charge is -2.62. The maximum atomic E-state index is 5.59. The molecular weight excluding hydrogens is 258 g/mol. The molecule has 0 saturated heterocycles. The summed E-state index contributed by atoms with van der Waals surface area (Å²) < 4.78 is 5.59. The fourth-order valence-corrected chi connectivity index (χ4v) is 4.54. The third kappa shape index (κ3) is 2.48. The Hall–Kier alpha value is -1.02. The summed E-state index contributed by atoms with van der Waals surface area (Å²) in [6.07, 6.45) is 9.94. The van der Waals surface area contributed by atoms with Gasteiger partial charge in [0.2, 0.25) is 0 Å². The predicted molar refractivity (Wildman–Crippen MR) is 85.8 cm³/mol. The predicted octanol–water partition coefficient (Wildman–Crippen LogP) is 4.04. The Kier molecular flexibility index (Phi) is 3.25. The minimum atomic E-state index is 0.397. The van der Waals surface area contributed by atoms with Gasteiger partial charge in [0.05, 0.1) is 6.61 Å². The maximum absolute atomic E-state index is 5.59.